The third-order valence-electron chi connectivity index (χ3n) is 3.45. The maximum absolute atomic E-state index is 12.4. The van der Waals surface area contributed by atoms with E-state index in [1.165, 1.54) is 18.5 Å². The van der Waals surface area contributed by atoms with Crippen molar-refractivity contribution in [2.24, 2.45) is 5.92 Å². The summed E-state index contributed by atoms with van der Waals surface area (Å²) < 4.78 is 0. The highest BCUT2D eigenvalue weighted by atomic mass is 35.5. The molecule has 0 aliphatic carbocycles. The molecule has 0 aliphatic heterocycles. The minimum absolute atomic E-state index is 0.257. The van der Waals surface area contributed by atoms with Crippen molar-refractivity contribution in [3.8, 4) is 0 Å². The fourth-order valence-corrected chi connectivity index (χ4v) is 2.39. The van der Waals surface area contributed by atoms with E-state index in [4.69, 9.17) is 23.2 Å². The van der Waals surface area contributed by atoms with Crippen molar-refractivity contribution in [3.05, 3.63) is 57.8 Å². The van der Waals surface area contributed by atoms with E-state index in [9.17, 15) is 9.59 Å². The molecule has 0 saturated carbocycles. The third kappa shape index (κ3) is 5.73. The van der Waals surface area contributed by atoms with Crippen molar-refractivity contribution in [2.45, 2.75) is 20.3 Å². The molecule has 7 heteroatoms. The molecule has 2 amide bonds. The van der Waals surface area contributed by atoms with Gasteiger partial charge in [0.25, 0.3) is 11.8 Å². The first kappa shape index (κ1) is 19.2. The quantitative estimate of drug-likeness (QED) is 0.780. The summed E-state index contributed by atoms with van der Waals surface area (Å²) in [6.07, 6.45) is 3.69. The van der Waals surface area contributed by atoms with E-state index >= 15 is 0 Å². The number of nitrogens with zero attached hydrogens (tertiary/aromatic N) is 1. The molecule has 0 atom stereocenters. The highest BCUT2D eigenvalue weighted by Crippen LogP contribution is 2.25. The van der Waals surface area contributed by atoms with Crippen LogP contribution in [0.3, 0.4) is 0 Å². The normalized spacial score (nSPS) is 10.6. The number of aromatic nitrogens is 1. The van der Waals surface area contributed by atoms with Gasteiger partial charge in [0.1, 0.15) is 0 Å². The number of hydrogen-bond donors (Lipinski definition) is 2. The number of rotatable bonds is 6. The van der Waals surface area contributed by atoms with Gasteiger partial charge in [-0.2, -0.15) is 0 Å². The van der Waals surface area contributed by atoms with E-state index in [0.717, 1.165) is 6.42 Å². The number of anilines is 1. The fraction of sp³-hybridized carbons (Fsp3) is 0.278. The monoisotopic (exact) mass is 379 g/mol. The molecule has 0 bridgehead atoms. The molecule has 0 fully saturated rings. The van der Waals surface area contributed by atoms with Gasteiger partial charge in [0, 0.05) is 24.0 Å². The summed E-state index contributed by atoms with van der Waals surface area (Å²) in [6.45, 7) is 4.74. The second-order valence-corrected chi connectivity index (χ2v) is 6.82. The van der Waals surface area contributed by atoms with Crippen molar-refractivity contribution < 1.29 is 9.59 Å². The van der Waals surface area contributed by atoms with Crippen molar-refractivity contribution in [3.63, 3.8) is 0 Å². The third-order valence-corrected chi connectivity index (χ3v) is 4.01. The minimum atomic E-state index is -0.423. The zero-order valence-electron chi connectivity index (χ0n) is 14.0. The van der Waals surface area contributed by atoms with Gasteiger partial charge in [0.05, 0.1) is 21.8 Å². The highest BCUT2D eigenvalue weighted by Gasteiger charge is 2.13. The van der Waals surface area contributed by atoms with E-state index in [2.05, 4.69) is 29.5 Å². The van der Waals surface area contributed by atoms with E-state index in [-0.39, 0.29) is 11.5 Å². The van der Waals surface area contributed by atoms with Crippen LogP contribution >= 0.6 is 23.2 Å². The summed E-state index contributed by atoms with van der Waals surface area (Å²) >= 11 is 11.9. The molecule has 5 nitrogen and oxygen atoms in total. The molecular formula is C18H19Cl2N3O2. The van der Waals surface area contributed by atoms with Gasteiger partial charge < -0.3 is 10.6 Å². The number of hydrogen-bond acceptors (Lipinski definition) is 3. The van der Waals surface area contributed by atoms with E-state index in [1.807, 2.05) is 0 Å². The Labute approximate surface area is 156 Å². The van der Waals surface area contributed by atoms with Gasteiger partial charge >= 0.3 is 0 Å². The maximum Gasteiger partial charge on any atom is 0.257 e. The Morgan fingerprint density at radius 3 is 2.44 bits per heavy atom. The first-order valence-electron chi connectivity index (χ1n) is 7.86. The molecule has 2 rings (SSSR count). The summed E-state index contributed by atoms with van der Waals surface area (Å²) in [4.78, 5) is 28.5. The first-order chi connectivity index (χ1) is 11.9. The number of carbonyl (C=O) groups is 2. The molecule has 0 radical (unpaired) electrons. The molecule has 0 saturated heterocycles. The molecule has 0 spiro atoms. The molecule has 0 unspecified atom stereocenters. The minimum Gasteiger partial charge on any atom is -0.352 e. The average Bonchev–Trinajstić information content (AvgIpc) is 2.57. The van der Waals surface area contributed by atoms with Gasteiger partial charge in [-0.05, 0) is 36.6 Å². The van der Waals surface area contributed by atoms with Crippen LogP contribution in [0.15, 0.2) is 36.7 Å². The van der Waals surface area contributed by atoms with Crippen molar-refractivity contribution in [1.82, 2.24) is 10.3 Å². The molecular weight excluding hydrogens is 361 g/mol. The van der Waals surface area contributed by atoms with Crippen LogP contribution in [0.5, 0.6) is 0 Å². The van der Waals surface area contributed by atoms with Gasteiger partial charge in [-0.25, -0.2) is 0 Å². The van der Waals surface area contributed by atoms with Crippen LogP contribution in [0.2, 0.25) is 10.0 Å². The van der Waals surface area contributed by atoms with Gasteiger partial charge in [-0.3, -0.25) is 14.6 Å². The number of pyridine rings is 1. The summed E-state index contributed by atoms with van der Waals surface area (Å²) in [5.41, 5.74) is 0.979. The maximum atomic E-state index is 12.4. The smallest absolute Gasteiger partial charge is 0.257 e. The average molecular weight is 380 g/mol. The Balaban J connectivity index is 2.08. The van der Waals surface area contributed by atoms with Crippen molar-refractivity contribution in [1.29, 1.82) is 0 Å². The molecule has 1 aromatic carbocycles. The SMILES string of the molecule is CC(C)CCNC(=O)c1cncc(C(=O)Nc2cc(Cl)ccc2Cl)c1. The van der Waals surface area contributed by atoms with E-state index in [1.54, 1.807) is 18.2 Å². The standard InChI is InChI=1S/C18H19Cl2N3O2/c1-11(2)5-6-22-17(24)12-7-13(10-21-9-12)18(25)23-16-8-14(19)3-4-15(16)20/h3-4,7-11H,5-6H2,1-2H3,(H,22,24)(H,23,25). The molecule has 1 heterocycles. The lowest BCUT2D eigenvalue weighted by atomic mass is 10.1. The van der Waals surface area contributed by atoms with Crippen LogP contribution in [0.25, 0.3) is 0 Å². The summed E-state index contributed by atoms with van der Waals surface area (Å²) in [5.74, 6) is -0.185. The van der Waals surface area contributed by atoms with Crippen LogP contribution < -0.4 is 10.6 Å². The van der Waals surface area contributed by atoms with E-state index in [0.29, 0.717) is 33.8 Å². The Hall–Kier alpha value is -2.11. The van der Waals surface area contributed by atoms with Crippen LogP contribution in [0, 0.1) is 5.92 Å². The van der Waals surface area contributed by atoms with Gasteiger partial charge in [0.15, 0.2) is 0 Å². The highest BCUT2D eigenvalue weighted by molar-refractivity contribution is 6.35. The summed E-state index contributed by atoms with van der Waals surface area (Å²) in [7, 11) is 0. The first-order valence-corrected chi connectivity index (χ1v) is 8.62. The lowest BCUT2D eigenvalue weighted by Crippen LogP contribution is -2.26. The van der Waals surface area contributed by atoms with Crippen molar-refractivity contribution >= 4 is 40.7 Å². The Morgan fingerprint density at radius 2 is 1.76 bits per heavy atom. The number of benzene rings is 1. The summed E-state index contributed by atoms with van der Waals surface area (Å²) in [6, 6.07) is 6.27. The molecule has 25 heavy (non-hydrogen) atoms. The van der Waals surface area contributed by atoms with Crippen LogP contribution in [0.4, 0.5) is 5.69 Å². The second-order valence-electron chi connectivity index (χ2n) is 5.98. The summed E-state index contributed by atoms with van der Waals surface area (Å²) in [5, 5.41) is 6.30. The van der Waals surface area contributed by atoms with Gasteiger partial charge in [-0.1, -0.05) is 37.0 Å². The zero-order valence-corrected chi connectivity index (χ0v) is 15.5. The topological polar surface area (TPSA) is 71.1 Å². The number of nitrogens with one attached hydrogen (secondary N) is 2. The van der Waals surface area contributed by atoms with Crippen LogP contribution in [-0.2, 0) is 0 Å². The van der Waals surface area contributed by atoms with Gasteiger partial charge in [-0.15, -0.1) is 0 Å². The Bertz CT molecular complexity index is 779. The van der Waals surface area contributed by atoms with Crippen LogP contribution in [0.1, 0.15) is 41.0 Å². The Kier molecular flexibility index (Phi) is 6.79. The number of carbonyl (C=O) groups excluding carboxylic acids is 2. The molecule has 0 aliphatic rings. The molecule has 132 valence electrons. The van der Waals surface area contributed by atoms with Crippen LogP contribution in [-0.4, -0.2) is 23.3 Å². The Morgan fingerprint density at radius 1 is 1.08 bits per heavy atom. The number of halogens is 2. The molecule has 1 aromatic heterocycles. The zero-order chi connectivity index (χ0) is 18.4. The van der Waals surface area contributed by atoms with Gasteiger partial charge in [0.2, 0.25) is 0 Å². The lowest BCUT2D eigenvalue weighted by molar-refractivity contribution is 0.0951. The lowest BCUT2D eigenvalue weighted by Gasteiger charge is -2.09. The predicted molar refractivity (Wildman–Crippen MR) is 100 cm³/mol. The largest absolute Gasteiger partial charge is 0.352 e. The molecule has 2 N–H and O–H groups in total. The van der Waals surface area contributed by atoms with Crippen molar-refractivity contribution in [2.75, 3.05) is 11.9 Å². The number of amides is 2. The predicted octanol–water partition coefficient (Wildman–Crippen LogP) is 4.42. The second kappa shape index (κ2) is 8.83. The molecule has 2 aromatic rings. The fourth-order valence-electron chi connectivity index (χ4n) is 2.05. The van der Waals surface area contributed by atoms with E-state index < -0.39 is 5.91 Å².